The average molecular weight is 220 g/mol. The first-order valence-electron chi connectivity index (χ1n) is 4.37. The van der Waals surface area contributed by atoms with E-state index in [9.17, 15) is 0 Å². The van der Waals surface area contributed by atoms with Crippen molar-refractivity contribution in [2.24, 2.45) is 0 Å². The van der Waals surface area contributed by atoms with Crippen molar-refractivity contribution in [3.05, 3.63) is 12.2 Å². The Morgan fingerprint density at radius 3 is 3.00 bits per heavy atom. The second kappa shape index (κ2) is 6.75. The zero-order chi connectivity index (χ0) is 10.2. The normalized spacial score (nSPS) is 10.7. The summed E-state index contributed by atoms with van der Waals surface area (Å²) in [5.41, 5.74) is 0. The average Bonchev–Trinajstić information content (AvgIpc) is 2.65. The minimum absolute atomic E-state index is 0.373. The van der Waals surface area contributed by atoms with E-state index in [0.717, 1.165) is 12.4 Å². The van der Waals surface area contributed by atoms with E-state index < -0.39 is 0 Å². The van der Waals surface area contributed by atoms with E-state index >= 15 is 0 Å². The van der Waals surface area contributed by atoms with Crippen LogP contribution in [0.2, 0.25) is 0 Å². The molecule has 0 N–H and O–H groups in total. The number of halogens is 1. The molecule has 1 rings (SSSR count). The lowest BCUT2D eigenvalue weighted by Gasteiger charge is -2.05. The Bertz CT molecular complexity index is 254. The van der Waals surface area contributed by atoms with E-state index in [4.69, 9.17) is 21.1 Å². The molecule has 0 aliphatic carbocycles. The summed E-state index contributed by atoms with van der Waals surface area (Å²) in [6.45, 7) is 2.56. The molecule has 14 heavy (non-hydrogen) atoms. The smallest absolute Gasteiger partial charge is 0.147 e. The van der Waals surface area contributed by atoms with Gasteiger partial charge in [-0.15, -0.1) is 21.8 Å². The van der Waals surface area contributed by atoms with Gasteiger partial charge in [0, 0.05) is 13.7 Å². The van der Waals surface area contributed by atoms with Crippen LogP contribution in [-0.4, -0.2) is 41.7 Å². The summed E-state index contributed by atoms with van der Waals surface area (Å²) in [4.78, 5) is 0. The molecule has 0 saturated carbocycles. The lowest BCUT2D eigenvalue weighted by Crippen LogP contribution is -2.10. The Morgan fingerprint density at radius 2 is 2.29 bits per heavy atom. The standard InChI is InChI=1S/C8H14ClN3O2/c1-13-4-5-14-3-2-12-7-10-11-8(12)6-9/h7H,2-6H2,1H3. The molecule has 0 aromatic carbocycles. The third kappa shape index (κ3) is 3.61. The zero-order valence-corrected chi connectivity index (χ0v) is 8.90. The van der Waals surface area contributed by atoms with Crippen molar-refractivity contribution in [2.75, 3.05) is 26.9 Å². The molecular formula is C8H14ClN3O2. The number of alkyl halides is 1. The third-order valence-electron chi connectivity index (χ3n) is 1.72. The predicted molar refractivity (Wildman–Crippen MR) is 52.3 cm³/mol. The van der Waals surface area contributed by atoms with Crippen molar-refractivity contribution in [1.29, 1.82) is 0 Å². The van der Waals surface area contributed by atoms with Crippen LogP contribution in [0, 0.1) is 0 Å². The fraction of sp³-hybridized carbons (Fsp3) is 0.750. The number of hydrogen-bond donors (Lipinski definition) is 0. The molecule has 0 amide bonds. The Kier molecular flexibility index (Phi) is 5.51. The van der Waals surface area contributed by atoms with Gasteiger partial charge in [-0.05, 0) is 0 Å². The monoisotopic (exact) mass is 219 g/mol. The fourth-order valence-electron chi connectivity index (χ4n) is 0.976. The summed E-state index contributed by atoms with van der Waals surface area (Å²) in [6, 6.07) is 0. The van der Waals surface area contributed by atoms with Crippen molar-refractivity contribution in [1.82, 2.24) is 14.8 Å². The highest BCUT2D eigenvalue weighted by Gasteiger charge is 2.01. The Balaban J connectivity index is 2.17. The minimum Gasteiger partial charge on any atom is -0.382 e. The number of hydrogen-bond acceptors (Lipinski definition) is 4. The van der Waals surface area contributed by atoms with Crippen LogP contribution in [0.1, 0.15) is 5.82 Å². The van der Waals surface area contributed by atoms with Crippen molar-refractivity contribution in [3.63, 3.8) is 0 Å². The zero-order valence-electron chi connectivity index (χ0n) is 8.15. The van der Waals surface area contributed by atoms with Gasteiger partial charge in [-0.2, -0.15) is 0 Å². The number of aromatic nitrogens is 3. The maximum atomic E-state index is 5.65. The second-order valence-electron chi connectivity index (χ2n) is 2.68. The second-order valence-corrected chi connectivity index (χ2v) is 2.95. The van der Waals surface area contributed by atoms with E-state index in [0.29, 0.717) is 25.7 Å². The van der Waals surface area contributed by atoms with Gasteiger partial charge in [-0.1, -0.05) is 0 Å². The van der Waals surface area contributed by atoms with Gasteiger partial charge < -0.3 is 14.0 Å². The summed E-state index contributed by atoms with van der Waals surface area (Å²) < 4.78 is 12.0. The molecule has 0 bridgehead atoms. The lowest BCUT2D eigenvalue weighted by molar-refractivity contribution is 0.0663. The molecule has 1 aromatic heterocycles. The molecule has 0 unspecified atom stereocenters. The first kappa shape index (κ1) is 11.4. The molecule has 80 valence electrons. The highest BCUT2D eigenvalue weighted by Crippen LogP contribution is 1.98. The summed E-state index contributed by atoms with van der Waals surface area (Å²) in [7, 11) is 1.65. The van der Waals surface area contributed by atoms with E-state index in [1.807, 2.05) is 4.57 Å². The quantitative estimate of drug-likeness (QED) is 0.500. The van der Waals surface area contributed by atoms with Crippen molar-refractivity contribution in [2.45, 2.75) is 12.4 Å². The van der Waals surface area contributed by atoms with Crippen LogP contribution >= 0.6 is 11.6 Å². The molecule has 1 heterocycles. The van der Waals surface area contributed by atoms with Gasteiger partial charge >= 0.3 is 0 Å². The van der Waals surface area contributed by atoms with E-state index in [2.05, 4.69) is 10.2 Å². The molecule has 1 aromatic rings. The molecular weight excluding hydrogens is 206 g/mol. The lowest BCUT2D eigenvalue weighted by atomic mass is 10.6. The topological polar surface area (TPSA) is 49.2 Å². The Labute approximate surface area is 88.0 Å². The van der Waals surface area contributed by atoms with Crippen molar-refractivity contribution in [3.8, 4) is 0 Å². The van der Waals surface area contributed by atoms with Crippen LogP contribution < -0.4 is 0 Å². The highest BCUT2D eigenvalue weighted by atomic mass is 35.5. The molecule has 0 aliphatic rings. The molecule has 0 saturated heterocycles. The van der Waals surface area contributed by atoms with Crippen LogP contribution in [0.25, 0.3) is 0 Å². The van der Waals surface area contributed by atoms with Crippen LogP contribution in [0.4, 0.5) is 0 Å². The van der Waals surface area contributed by atoms with Crippen LogP contribution in [0.15, 0.2) is 6.33 Å². The van der Waals surface area contributed by atoms with Gasteiger partial charge in [0.2, 0.25) is 0 Å². The molecule has 5 nitrogen and oxygen atoms in total. The molecule has 0 aliphatic heterocycles. The molecule has 0 fully saturated rings. The van der Waals surface area contributed by atoms with E-state index in [1.165, 1.54) is 0 Å². The summed E-state index contributed by atoms with van der Waals surface area (Å²) in [5, 5.41) is 7.61. The SMILES string of the molecule is COCCOCCn1cnnc1CCl. The maximum Gasteiger partial charge on any atom is 0.147 e. The minimum atomic E-state index is 0.373. The summed E-state index contributed by atoms with van der Waals surface area (Å²) >= 11 is 5.65. The van der Waals surface area contributed by atoms with E-state index in [1.54, 1.807) is 13.4 Å². The molecule has 0 radical (unpaired) electrons. The molecule has 0 spiro atoms. The number of methoxy groups -OCH3 is 1. The van der Waals surface area contributed by atoms with Gasteiger partial charge in [0.05, 0.1) is 25.7 Å². The van der Waals surface area contributed by atoms with Crippen LogP contribution in [0.3, 0.4) is 0 Å². The Hall–Kier alpha value is -0.650. The highest BCUT2D eigenvalue weighted by molar-refractivity contribution is 6.16. The number of rotatable bonds is 7. The van der Waals surface area contributed by atoms with Gasteiger partial charge in [0.25, 0.3) is 0 Å². The van der Waals surface area contributed by atoms with Crippen LogP contribution in [0.5, 0.6) is 0 Å². The van der Waals surface area contributed by atoms with Gasteiger partial charge in [-0.3, -0.25) is 0 Å². The van der Waals surface area contributed by atoms with Crippen molar-refractivity contribution < 1.29 is 9.47 Å². The first-order chi connectivity index (χ1) is 6.88. The van der Waals surface area contributed by atoms with Crippen LogP contribution in [-0.2, 0) is 21.9 Å². The first-order valence-corrected chi connectivity index (χ1v) is 4.91. The maximum absolute atomic E-state index is 5.65. The Morgan fingerprint density at radius 1 is 1.43 bits per heavy atom. The molecule has 0 atom stereocenters. The fourth-order valence-corrected chi connectivity index (χ4v) is 1.18. The summed E-state index contributed by atoms with van der Waals surface area (Å²) in [6.07, 6.45) is 1.65. The van der Waals surface area contributed by atoms with Crippen molar-refractivity contribution >= 4 is 11.6 Å². The third-order valence-corrected chi connectivity index (χ3v) is 1.96. The van der Waals surface area contributed by atoms with Gasteiger partial charge in [-0.25, -0.2) is 0 Å². The predicted octanol–water partition coefficient (Wildman–Crippen LogP) is 0.680. The van der Waals surface area contributed by atoms with E-state index in [-0.39, 0.29) is 0 Å². The van der Waals surface area contributed by atoms with Gasteiger partial charge in [0.15, 0.2) is 0 Å². The number of ether oxygens (including phenoxy) is 2. The van der Waals surface area contributed by atoms with Gasteiger partial charge in [0.1, 0.15) is 12.2 Å². The number of nitrogens with zero attached hydrogens (tertiary/aromatic N) is 3. The summed E-state index contributed by atoms with van der Waals surface area (Å²) in [5.74, 6) is 1.14. The largest absolute Gasteiger partial charge is 0.382 e. The molecule has 6 heteroatoms.